The number of rotatable bonds is 9. The van der Waals surface area contributed by atoms with E-state index in [0.29, 0.717) is 18.4 Å². The second-order valence-electron chi connectivity index (χ2n) is 8.04. The number of benzene rings is 2. The van der Waals surface area contributed by atoms with Crippen LogP contribution in [0.15, 0.2) is 67.1 Å². The molecular formula is C26H29N5O2. The number of likely N-dealkylation sites (N-methyl/N-ethyl adjacent to an activating group) is 1. The molecule has 0 unspecified atom stereocenters. The molecule has 0 fully saturated rings. The van der Waals surface area contributed by atoms with Gasteiger partial charge in [-0.15, -0.1) is 0 Å². The number of nitrogens with zero attached hydrogens (tertiary/aromatic N) is 5. The molecule has 0 saturated carbocycles. The van der Waals surface area contributed by atoms with Crippen molar-refractivity contribution >= 4 is 22.3 Å². The van der Waals surface area contributed by atoms with Gasteiger partial charge in [0.2, 0.25) is 0 Å². The fourth-order valence-electron chi connectivity index (χ4n) is 3.41. The van der Waals surface area contributed by atoms with Gasteiger partial charge in [-0.1, -0.05) is 13.0 Å². The van der Waals surface area contributed by atoms with Gasteiger partial charge in [-0.05, 0) is 62.5 Å². The van der Waals surface area contributed by atoms with E-state index in [1.165, 1.54) is 5.56 Å². The third-order valence-corrected chi connectivity index (χ3v) is 5.41. The molecule has 0 spiro atoms. The van der Waals surface area contributed by atoms with Crippen LogP contribution in [0.4, 0.5) is 11.4 Å². The van der Waals surface area contributed by atoms with Crippen molar-refractivity contribution in [3.63, 3.8) is 0 Å². The second kappa shape index (κ2) is 10.3. The monoisotopic (exact) mass is 443 g/mol. The fraction of sp³-hybridized carbons (Fsp3) is 0.269. The number of hydrogen-bond acceptors (Lipinski definition) is 7. The van der Waals surface area contributed by atoms with Crippen LogP contribution in [-0.4, -0.2) is 54.1 Å². The van der Waals surface area contributed by atoms with Crippen LogP contribution in [-0.2, 0) is 6.42 Å². The summed E-state index contributed by atoms with van der Waals surface area (Å²) in [5.41, 5.74) is 4.05. The summed E-state index contributed by atoms with van der Waals surface area (Å²) in [6.07, 6.45) is 6.08. The van der Waals surface area contributed by atoms with Crippen molar-refractivity contribution in [3.8, 4) is 17.5 Å². The van der Waals surface area contributed by atoms with Gasteiger partial charge in [0.05, 0.1) is 11.7 Å². The molecule has 2 aromatic heterocycles. The Morgan fingerprint density at radius 1 is 0.909 bits per heavy atom. The van der Waals surface area contributed by atoms with Gasteiger partial charge < -0.3 is 19.3 Å². The Balaban J connectivity index is 1.47. The zero-order valence-corrected chi connectivity index (χ0v) is 19.5. The minimum absolute atomic E-state index is 0.297. The van der Waals surface area contributed by atoms with Crippen LogP contribution in [0.1, 0.15) is 12.5 Å². The number of aromatic nitrogens is 3. The Labute approximate surface area is 194 Å². The first-order valence-corrected chi connectivity index (χ1v) is 11.0. The van der Waals surface area contributed by atoms with Crippen molar-refractivity contribution in [3.05, 3.63) is 72.7 Å². The second-order valence-corrected chi connectivity index (χ2v) is 8.04. The molecule has 170 valence electrons. The normalized spacial score (nSPS) is 11.1. The minimum Gasteiger partial charge on any atom is -0.492 e. The van der Waals surface area contributed by atoms with Gasteiger partial charge in [0.15, 0.2) is 0 Å². The van der Waals surface area contributed by atoms with E-state index in [0.717, 1.165) is 41.0 Å². The lowest BCUT2D eigenvalue weighted by Crippen LogP contribution is -2.20. The van der Waals surface area contributed by atoms with Crippen LogP contribution >= 0.6 is 0 Å². The van der Waals surface area contributed by atoms with Gasteiger partial charge in [0.25, 0.3) is 0 Å². The van der Waals surface area contributed by atoms with E-state index in [-0.39, 0.29) is 0 Å². The highest BCUT2D eigenvalue weighted by Crippen LogP contribution is 2.31. The molecule has 4 aromatic rings. The lowest BCUT2D eigenvalue weighted by Gasteiger charge is -2.22. The molecule has 0 radical (unpaired) electrons. The maximum Gasteiger partial charge on any atom is 0.322 e. The van der Waals surface area contributed by atoms with Gasteiger partial charge in [-0.2, -0.15) is 4.98 Å². The molecule has 0 aliphatic carbocycles. The van der Waals surface area contributed by atoms with Crippen molar-refractivity contribution in [1.29, 1.82) is 0 Å². The predicted octanol–water partition coefficient (Wildman–Crippen LogP) is 5.09. The van der Waals surface area contributed by atoms with Gasteiger partial charge in [-0.3, -0.25) is 4.98 Å². The van der Waals surface area contributed by atoms with Gasteiger partial charge >= 0.3 is 6.01 Å². The van der Waals surface area contributed by atoms with Crippen molar-refractivity contribution in [1.82, 2.24) is 19.9 Å². The Hall–Kier alpha value is -3.71. The third kappa shape index (κ3) is 5.56. The number of fused-ring (bicyclic) bond motifs is 1. The summed E-state index contributed by atoms with van der Waals surface area (Å²) < 4.78 is 11.9. The topological polar surface area (TPSA) is 63.6 Å². The molecule has 33 heavy (non-hydrogen) atoms. The summed E-state index contributed by atoms with van der Waals surface area (Å²) in [6, 6.07) is 16.4. The Bertz CT molecular complexity index is 1210. The molecule has 0 N–H and O–H groups in total. The molecule has 7 heteroatoms. The number of ether oxygens (including phenoxy) is 2. The molecule has 0 saturated heterocycles. The Kier molecular flexibility index (Phi) is 7.00. The number of aryl methyl sites for hydroxylation is 1. The van der Waals surface area contributed by atoms with E-state index in [4.69, 9.17) is 9.47 Å². The molecule has 7 nitrogen and oxygen atoms in total. The summed E-state index contributed by atoms with van der Waals surface area (Å²) in [7, 11) is 6.13. The first-order chi connectivity index (χ1) is 16.0. The highest BCUT2D eigenvalue weighted by atomic mass is 16.5. The largest absolute Gasteiger partial charge is 0.492 e. The van der Waals surface area contributed by atoms with E-state index in [9.17, 15) is 0 Å². The molecule has 0 amide bonds. The van der Waals surface area contributed by atoms with Crippen LogP contribution in [0, 0.1) is 0 Å². The standard InChI is InChI=1S/C26H29N5O2/c1-5-19-6-7-22(16-25(19)32-15-14-30(2)3)31(4)21-8-10-23(11-9-21)33-26-28-17-20-12-13-27-18-24(20)29-26/h6-13,16-18H,5,14-15H2,1-4H3. The van der Waals surface area contributed by atoms with E-state index in [2.05, 4.69) is 49.9 Å². The lowest BCUT2D eigenvalue weighted by atomic mass is 10.1. The van der Waals surface area contributed by atoms with E-state index in [1.807, 2.05) is 51.5 Å². The van der Waals surface area contributed by atoms with Crippen LogP contribution < -0.4 is 14.4 Å². The summed E-state index contributed by atoms with van der Waals surface area (Å²) in [5, 5.41) is 0.925. The highest BCUT2D eigenvalue weighted by molar-refractivity contribution is 5.76. The zero-order valence-electron chi connectivity index (χ0n) is 19.5. The molecular weight excluding hydrogens is 414 g/mol. The average Bonchev–Trinajstić information content (AvgIpc) is 2.84. The molecule has 2 heterocycles. The van der Waals surface area contributed by atoms with Crippen molar-refractivity contribution < 1.29 is 9.47 Å². The maximum absolute atomic E-state index is 6.07. The number of hydrogen-bond donors (Lipinski definition) is 0. The predicted molar refractivity (Wildman–Crippen MR) is 132 cm³/mol. The molecule has 0 bridgehead atoms. The summed E-state index contributed by atoms with van der Waals surface area (Å²) in [4.78, 5) is 17.0. The summed E-state index contributed by atoms with van der Waals surface area (Å²) in [5.74, 6) is 1.61. The fourth-order valence-corrected chi connectivity index (χ4v) is 3.41. The van der Waals surface area contributed by atoms with Gasteiger partial charge in [0, 0.05) is 48.8 Å². The van der Waals surface area contributed by atoms with Crippen molar-refractivity contribution in [2.75, 3.05) is 39.2 Å². The Morgan fingerprint density at radius 2 is 1.70 bits per heavy atom. The quantitative estimate of drug-likeness (QED) is 0.357. The average molecular weight is 444 g/mol. The molecule has 4 rings (SSSR count). The third-order valence-electron chi connectivity index (χ3n) is 5.41. The molecule has 0 aliphatic heterocycles. The smallest absolute Gasteiger partial charge is 0.322 e. The maximum atomic E-state index is 6.07. The van der Waals surface area contributed by atoms with Crippen LogP contribution in [0.5, 0.6) is 17.5 Å². The van der Waals surface area contributed by atoms with Crippen LogP contribution in [0.25, 0.3) is 10.9 Å². The van der Waals surface area contributed by atoms with E-state index < -0.39 is 0 Å². The first-order valence-electron chi connectivity index (χ1n) is 11.0. The number of anilines is 2. The SMILES string of the molecule is CCc1ccc(N(C)c2ccc(Oc3ncc4ccncc4n3)cc2)cc1OCCN(C)C. The first kappa shape index (κ1) is 22.5. The zero-order chi connectivity index (χ0) is 23.2. The van der Waals surface area contributed by atoms with Crippen LogP contribution in [0.2, 0.25) is 0 Å². The van der Waals surface area contributed by atoms with Gasteiger partial charge in [0.1, 0.15) is 18.1 Å². The van der Waals surface area contributed by atoms with Gasteiger partial charge in [-0.25, -0.2) is 4.98 Å². The summed E-state index contributed by atoms with van der Waals surface area (Å²) >= 11 is 0. The van der Waals surface area contributed by atoms with Crippen LogP contribution in [0.3, 0.4) is 0 Å². The van der Waals surface area contributed by atoms with Crippen molar-refractivity contribution in [2.24, 2.45) is 0 Å². The summed E-state index contributed by atoms with van der Waals surface area (Å²) in [6.45, 7) is 3.68. The van der Waals surface area contributed by atoms with Crippen molar-refractivity contribution in [2.45, 2.75) is 13.3 Å². The number of pyridine rings is 1. The molecule has 2 aromatic carbocycles. The minimum atomic E-state index is 0.297. The highest BCUT2D eigenvalue weighted by Gasteiger charge is 2.10. The van der Waals surface area contributed by atoms with E-state index >= 15 is 0 Å². The molecule has 0 atom stereocenters. The van der Waals surface area contributed by atoms with E-state index in [1.54, 1.807) is 18.6 Å². The lowest BCUT2D eigenvalue weighted by molar-refractivity contribution is 0.259. The molecule has 0 aliphatic rings. The Morgan fingerprint density at radius 3 is 2.45 bits per heavy atom.